The molecule has 1 unspecified atom stereocenters. The number of rotatable bonds is 6. The molecule has 0 aromatic heterocycles. The predicted octanol–water partition coefficient (Wildman–Crippen LogP) is 2.56. The van der Waals surface area contributed by atoms with Crippen molar-refractivity contribution in [1.82, 2.24) is 0 Å². The lowest BCUT2D eigenvalue weighted by Crippen LogP contribution is -2.30. The van der Waals surface area contributed by atoms with Crippen molar-refractivity contribution in [1.29, 1.82) is 0 Å². The summed E-state index contributed by atoms with van der Waals surface area (Å²) in [5.74, 6) is 0.180. The van der Waals surface area contributed by atoms with Crippen molar-refractivity contribution in [2.75, 3.05) is 11.4 Å². The molecule has 17 heavy (non-hydrogen) atoms. The molecule has 1 atom stereocenters. The van der Waals surface area contributed by atoms with E-state index in [1.165, 1.54) is 0 Å². The van der Waals surface area contributed by atoms with E-state index in [4.69, 9.17) is 5.73 Å². The molecular formula is C14H22N2O. The van der Waals surface area contributed by atoms with Crippen LogP contribution in [0.2, 0.25) is 0 Å². The van der Waals surface area contributed by atoms with Crippen molar-refractivity contribution in [2.24, 2.45) is 5.73 Å². The number of nitrogens with two attached hydrogens (primary N) is 1. The van der Waals surface area contributed by atoms with Gasteiger partial charge in [0, 0.05) is 24.7 Å². The number of carbonyl (C=O) groups excluding carboxylic acids is 1. The van der Waals surface area contributed by atoms with Crippen LogP contribution in [0, 0.1) is 0 Å². The molecule has 0 radical (unpaired) electrons. The van der Waals surface area contributed by atoms with E-state index in [1.807, 2.05) is 49.1 Å². The lowest BCUT2D eigenvalue weighted by Gasteiger charge is -2.21. The highest BCUT2D eigenvalue weighted by Crippen LogP contribution is 2.15. The Morgan fingerprint density at radius 1 is 1.35 bits per heavy atom. The summed E-state index contributed by atoms with van der Waals surface area (Å²) in [5.41, 5.74) is 6.65. The van der Waals surface area contributed by atoms with Crippen molar-refractivity contribution < 1.29 is 4.79 Å². The van der Waals surface area contributed by atoms with Crippen LogP contribution in [-0.2, 0) is 4.79 Å². The van der Waals surface area contributed by atoms with Gasteiger partial charge in [-0.25, -0.2) is 0 Å². The third kappa shape index (κ3) is 4.57. The third-order valence-corrected chi connectivity index (χ3v) is 2.74. The first kappa shape index (κ1) is 13.7. The van der Waals surface area contributed by atoms with Gasteiger partial charge in [0.1, 0.15) is 0 Å². The summed E-state index contributed by atoms with van der Waals surface area (Å²) in [7, 11) is 0. The van der Waals surface area contributed by atoms with E-state index in [9.17, 15) is 4.79 Å². The van der Waals surface area contributed by atoms with Crippen LogP contribution in [-0.4, -0.2) is 18.5 Å². The number of benzene rings is 1. The summed E-state index contributed by atoms with van der Waals surface area (Å²) < 4.78 is 0. The summed E-state index contributed by atoms with van der Waals surface area (Å²) in [5, 5.41) is 0. The van der Waals surface area contributed by atoms with Gasteiger partial charge in [-0.2, -0.15) is 0 Å². The maximum atomic E-state index is 12.0. The average molecular weight is 234 g/mol. The molecule has 3 nitrogen and oxygen atoms in total. The number of anilines is 1. The summed E-state index contributed by atoms with van der Waals surface area (Å²) in [6.45, 7) is 4.68. The molecule has 1 rings (SSSR count). The van der Waals surface area contributed by atoms with Crippen molar-refractivity contribution in [2.45, 2.75) is 39.2 Å². The fraction of sp³-hybridized carbons (Fsp3) is 0.500. The molecule has 0 saturated heterocycles. The Hall–Kier alpha value is -1.35. The average Bonchev–Trinajstić information content (AvgIpc) is 2.31. The highest BCUT2D eigenvalue weighted by molar-refractivity contribution is 5.93. The van der Waals surface area contributed by atoms with Crippen LogP contribution < -0.4 is 10.6 Å². The molecule has 0 aliphatic rings. The number of amides is 1. The van der Waals surface area contributed by atoms with Gasteiger partial charge in [0.05, 0.1) is 0 Å². The largest absolute Gasteiger partial charge is 0.328 e. The van der Waals surface area contributed by atoms with Crippen LogP contribution in [0.4, 0.5) is 5.69 Å². The van der Waals surface area contributed by atoms with Crippen LogP contribution in [0.15, 0.2) is 30.3 Å². The van der Waals surface area contributed by atoms with Crippen LogP contribution in [0.5, 0.6) is 0 Å². The Morgan fingerprint density at radius 2 is 2.00 bits per heavy atom. The Balaban J connectivity index is 2.53. The molecule has 0 saturated carbocycles. The zero-order valence-corrected chi connectivity index (χ0v) is 10.7. The minimum absolute atomic E-state index is 0.176. The second-order valence-electron chi connectivity index (χ2n) is 4.34. The van der Waals surface area contributed by atoms with Crippen molar-refractivity contribution in [3.8, 4) is 0 Å². The number of nitrogens with zero attached hydrogens (tertiary/aromatic N) is 1. The minimum Gasteiger partial charge on any atom is -0.328 e. The summed E-state index contributed by atoms with van der Waals surface area (Å²) >= 11 is 0. The molecular weight excluding hydrogens is 212 g/mol. The van der Waals surface area contributed by atoms with Gasteiger partial charge in [-0.1, -0.05) is 18.2 Å². The fourth-order valence-electron chi connectivity index (χ4n) is 1.82. The molecule has 0 fully saturated rings. The molecule has 0 aliphatic carbocycles. The van der Waals surface area contributed by atoms with Gasteiger partial charge in [-0.15, -0.1) is 0 Å². The Labute approximate surface area is 104 Å². The number of hydrogen-bond donors (Lipinski definition) is 1. The maximum Gasteiger partial charge on any atom is 0.226 e. The Kier molecular flexibility index (Phi) is 5.70. The van der Waals surface area contributed by atoms with Gasteiger partial charge in [-0.05, 0) is 38.8 Å². The first-order valence-corrected chi connectivity index (χ1v) is 6.26. The number of hydrogen-bond acceptors (Lipinski definition) is 2. The van der Waals surface area contributed by atoms with E-state index in [0.717, 1.165) is 18.5 Å². The van der Waals surface area contributed by atoms with E-state index in [-0.39, 0.29) is 11.9 Å². The predicted molar refractivity (Wildman–Crippen MR) is 72.0 cm³/mol. The van der Waals surface area contributed by atoms with Crippen molar-refractivity contribution in [3.63, 3.8) is 0 Å². The molecule has 1 aromatic carbocycles. The summed E-state index contributed by atoms with van der Waals surface area (Å²) in [6, 6.07) is 9.97. The van der Waals surface area contributed by atoms with Gasteiger partial charge >= 0.3 is 0 Å². The molecule has 1 aromatic rings. The zero-order valence-electron chi connectivity index (χ0n) is 10.7. The van der Waals surface area contributed by atoms with E-state index < -0.39 is 0 Å². The van der Waals surface area contributed by atoms with Crippen LogP contribution in [0.3, 0.4) is 0 Å². The normalized spacial score (nSPS) is 12.2. The lowest BCUT2D eigenvalue weighted by molar-refractivity contribution is -0.118. The molecule has 3 heteroatoms. The van der Waals surface area contributed by atoms with Gasteiger partial charge in [0.15, 0.2) is 0 Å². The van der Waals surface area contributed by atoms with Gasteiger partial charge < -0.3 is 10.6 Å². The van der Waals surface area contributed by atoms with Gasteiger partial charge in [-0.3, -0.25) is 4.79 Å². The number of para-hydroxylation sites is 1. The van der Waals surface area contributed by atoms with Crippen LogP contribution in [0.25, 0.3) is 0 Å². The monoisotopic (exact) mass is 234 g/mol. The molecule has 1 amide bonds. The molecule has 0 aliphatic heterocycles. The first-order valence-electron chi connectivity index (χ1n) is 6.26. The number of carbonyl (C=O) groups is 1. The van der Waals surface area contributed by atoms with E-state index >= 15 is 0 Å². The molecule has 94 valence electrons. The summed E-state index contributed by atoms with van der Waals surface area (Å²) in [4.78, 5) is 13.9. The summed E-state index contributed by atoms with van der Waals surface area (Å²) in [6.07, 6.45) is 2.34. The lowest BCUT2D eigenvalue weighted by atomic mass is 10.1. The topological polar surface area (TPSA) is 46.3 Å². The minimum atomic E-state index is 0.176. The van der Waals surface area contributed by atoms with Crippen LogP contribution in [0.1, 0.15) is 33.1 Å². The maximum absolute atomic E-state index is 12.0. The zero-order chi connectivity index (χ0) is 12.7. The fourth-order valence-corrected chi connectivity index (χ4v) is 1.82. The molecule has 2 N–H and O–H groups in total. The Bertz CT molecular complexity index is 335. The quantitative estimate of drug-likeness (QED) is 0.822. The van der Waals surface area contributed by atoms with Crippen LogP contribution >= 0.6 is 0 Å². The highest BCUT2D eigenvalue weighted by atomic mass is 16.2. The first-order chi connectivity index (χ1) is 8.15. The second kappa shape index (κ2) is 7.07. The van der Waals surface area contributed by atoms with Gasteiger partial charge in [0.2, 0.25) is 5.91 Å². The van der Waals surface area contributed by atoms with E-state index in [1.54, 1.807) is 0 Å². The highest BCUT2D eigenvalue weighted by Gasteiger charge is 2.12. The third-order valence-electron chi connectivity index (χ3n) is 2.74. The Morgan fingerprint density at radius 3 is 2.53 bits per heavy atom. The molecule has 0 spiro atoms. The van der Waals surface area contributed by atoms with E-state index in [2.05, 4.69) is 0 Å². The SMILES string of the molecule is CCN(C(=O)CCCC(C)N)c1ccccc1. The molecule has 0 bridgehead atoms. The second-order valence-corrected chi connectivity index (χ2v) is 4.34. The van der Waals surface area contributed by atoms with Gasteiger partial charge in [0.25, 0.3) is 0 Å². The van der Waals surface area contributed by atoms with E-state index in [0.29, 0.717) is 13.0 Å². The smallest absolute Gasteiger partial charge is 0.226 e. The van der Waals surface area contributed by atoms with Crippen molar-refractivity contribution >= 4 is 11.6 Å². The van der Waals surface area contributed by atoms with Crippen molar-refractivity contribution in [3.05, 3.63) is 30.3 Å². The standard InChI is InChI=1S/C14H22N2O/c1-3-16(13-9-5-4-6-10-13)14(17)11-7-8-12(2)15/h4-6,9-10,12H,3,7-8,11,15H2,1-2H3. The molecule has 0 heterocycles.